The zero-order chi connectivity index (χ0) is 8.69. The summed E-state index contributed by atoms with van der Waals surface area (Å²) < 4.78 is 0. The van der Waals surface area contributed by atoms with Crippen molar-refractivity contribution in [1.82, 2.24) is 0 Å². The minimum absolute atomic E-state index is 0.629. The van der Waals surface area contributed by atoms with E-state index < -0.39 is 5.92 Å². The Hall–Kier alpha value is -1.54. The van der Waals surface area contributed by atoms with Crippen LogP contribution in [0.3, 0.4) is 0 Å². The molecule has 0 atom stereocenters. The van der Waals surface area contributed by atoms with Gasteiger partial charge in [-0.3, -0.25) is 0 Å². The van der Waals surface area contributed by atoms with Gasteiger partial charge in [0.15, 0.2) is 5.92 Å². The van der Waals surface area contributed by atoms with E-state index in [2.05, 4.69) is 0 Å². The Bertz CT molecular complexity index is 234. The van der Waals surface area contributed by atoms with Crippen LogP contribution in [0.5, 0.6) is 0 Å². The number of rotatable bonds is 2. The summed E-state index contributed by atoms with van der Waals surface area (Å²) >= 11 is 0. The molecule has 0 saturated heterocycles. The molecule has 0 rings (SSSR count). The topological polar surface area (TPSA) is 47.6 Å². The highest BCUT2D eigenvalue weighted by atomic mass is 14.3. The van der Waals surface area contributed by atoms with Crippen LogP contribution >= 0.6 is 0 Å². The number of hydrogen-bond donors (Lipinski definition) is 0. The Balaban J connectivity index is 4.56. The molecule has 0 bridgehead atoms. The van der Waals surface area contributed by atoms with Gasteiger partial charge in [-0.25, -0.2) is 0 Å². The van der Waals surface area contributed by atoms with Crippen molar-refractivity contribution in [1.29, 1.82) is 10.5 Å². The highest BCUT2D eigenvalue weighted by molar-refractivity contribution is 5.30. The predicted octanol–water partition coefficient (Wildman–Crippen LogP) is 2.17. The largest absolute Gasteiger partial charge is 0.196 e. The van der Waals surface area contributed by atoms with Crippen LogP contribution < -0.4 is 0 Å². The Labute approximate surface area is 67.1 Å². The second-order valence-electron chi connectivity index (χ2n) is 1.98. The van der Waals surface area contributed by atoms with E-state index in [1.165, 1.54) is 0 Å². The molecule has 2 nitrogen and oxygen atoms in total. The summed E-state index contributed by atoms with van der Waals surface area (Å²) in [7, 11) is 0. The van der Waals surface area contributed by atoms with Gasteiger partial charge in [-0.05, 0) is 19.4 Å². The molecule has 2 heteroatoms. The molecule has 0 aromatic rings. The lowest BCUT2D eigenvalue weighted by atomic mass is 10.0. The van der Waals surface area contributed by atoms with E-state index in [0.29, 0.717) is 0 Å². The molecule has 0 unspecified atom stereocenters. The molecule has 0 heterocycles. The summed E-state index contributed by atoms with van der Waals surface area (Å²) in [4.78, 5) is 0. The third-order valence-corrected chi connectivity index (χ3v) is 1.28. The van der Waals surface area contributed by atoms with Crippen LogP contribution in [-0.2, 0) is 0 Å². The van der Waals surface area contributed by atoms with Gasteiger partial charge in [-0.1, -0.05) is 18.2 Å². The molecule has 0 spiro atoms. The van der Waals surface area contributed by atoms with E-state index in [1.807, 2.05) is 32.1 Å². The third kappa shape index (κ3) is 2.69. The van der Waals surface area contributed by atoms with Crippen LogP contribution in [0, 0.1) is 28.6 Å². The molecule has 0 amide bonds. The number of nitrogens with zero attached hydrogens (tertiary/aromatic N) is 2. The van der Waals surface area contributed by atoms with Gasteiger partial charge in [0.2, 0.25) is 0 Å². The zero-order valence-electron chi connectivity index (χ0n) is 6.70. The van der Waals surface area contributed by atoms with E-state index in [0.717, 1.165) is 5.57 Å². The number of nitriles is 2. The first-order chi connectivity index (χ1) is 5.29. The van der Waals surface area contributed by atoms with Crippen molar-refractivity contribution in [3.8, 4) is 12.1 Å². The molecule has 0 saturated carbocycles. The van der Waals surface area contributed by atoms with E-state index in [4.69, 9.17) is 10.5 Å². The lowest BCUT2D eigenvalue weighted by Gasteiger charge is -1.97. The zero-order valence-corrected chi connectivity index (χ0v) is 6.70. The van der Waals surface area contributed by atoms with Crippen molar-refractivity contribution in [2.45, 2.75) is 13.8 Å². The Morgan fingerprint density at radius 2 is 1.82 bits per heavy atom. The van der Waals surface area contributed by atoms with Crippen molar-refractivity contribution in [2.24, 2.45) is 5.92 Å². The summed E-state index contributed by atoms with van der Waals surface area (Å²) in [5.41, 5.74) is 0.762. The van der Waals surface area contributed by atoms with Gasteiger partial charge in [-0.2, -0.15) is 10.5 Å². The van der Waals surface area contributed by atoms with E-state index in [-0.39, 0.29) is 0 Å². The molecule has 0 N–H and O–H groups in total. The van der Waals surface area contributed by atoms with Crippen molar-refractivity contribution in [3.05, 3.63) is 23.8 Å². The van der Waals surface area contributed by atoms with Crippen LogP contribution in [0.4, 0.5) is 0 Å². The molecule has 0 radical (unpaired) electrons. The van der Waals surface area contributed by atoms with E-state index >= 15 is 0 Å². The highest BCUT2D eigenvalue weighted by Crippen LogP contribution is 2.09. The summed E-state index contributed by atoms with van der Waals surface area (Å²) in [6.07, 6.45) is 5.37. The molecular weight excluding hydrogens is 136 g/mol. The maximum Gasteiger partial charge on any atom is 0.157 e. The smallest absolute Gasteiger partial charge is 0.157 e. The normalized spacial score (nSPS) is 11.5. The van der Waals surface area contributed by atoms with Gasteiger partial charge in [-0.15, -0.1) is 0 Å². The summed E-state index contributed by atoms with van der Waals surface area (Å²) in [6, 6.07) is 3.81. The van der Waals surface area contributed by atoms with Crippen molar-refractivity contribution in [3.63, 3.8) is 0 Å². The third-order valence-electron chi connectivity index (χ3n) is 1.28. The Kier molecular flexibility index (Phi) is 4.52. The number of allylic oxidation sites excluding steroid dienone is 4. The minimum Gasteiger partial charge on any atom is -0.196 e. The molecule has 0 aliphatic carbocycles. The van der Waals surface area contributed by atoms with Gasteiger partial charge < -0.3 is 0 Å². The molecule has 0 aromatic carbocycles. The maximum atomic E-state index is 8.51. The predicted molar refractivity (Wildman–Crippen MR) is 43.3 cm³/mol. The first-order valence-electron chi connectivity index (χ1n) is 3.38. The van der Waals surface area contributed by atoms with Gasteiger partial charge in [0.05, 0.1) is 12.1 Å². The summed E-state index contributed by atoms with van der Waals surface area (Å²) in [6.45, 7) is 3.67. The fourth-order valence-corrected chi connectivity index (χ4v) is 0.730. The van der Waals surface area contributed by atoms with Crippen LogP contribution in [-0.4, -0.2) is 0 Å². The molecule has 0 aliphatic rings. The highest BCUT2D eigenvalue weighted by Gasteiger charge is 2.07. The first kappa shape index (κ1) is 9.46. The Morgan fingerprint density at radius 1 is 1.27 bits per heavy atom. The SMILES string of the molecule is C/C=C\C(=C/C)C(C#N)C#N. The standard InChI is InChI=1S/C9H10N2/c1-3-5-8(4-2)9(6-10)7-11/h3-5,9H,1-2H3/b5-3-,8-4+. The molecule has 0 aliphatic heterocycles. The average Bonchev–Trinajstić information content (AvgIpc) is 2.05. The summed E-state index contributed by atoms with van der Waals surface area (Å²) in [5, 5.41) is 17.0. The van der Waals surface area contributed by atoms with E-state index in [9.17, 15) is 0 Å². The lowest BCUT2D eigenvalue weighted by molar-refractivity contribution is 1.03. The summed E-state index contributed by atoms with van der Waals surface area (Å²) in [5.74, 6) is -0.629. The second-order valence-corrected chi connectivity index (χ2v) is 1.98. The first-order valence-corrected chi connectivity index (χ1v) is 3.38. The molecule has 0 fully saturated rings. The quantitative estimate of drug-likeness (QED) is 0.560. The molecule has 0 aromatic heterocycles. The fraction of sp³-hybridized carbons (Fsp3) is 0.333. The van der Waals surface area contributed by atoms with Gasteiger partial charge in [0, 0.05) is 0 Å². The van der Waals surface area contributed by atoms with Crippen LogP contribution in [0.25, 0.3) is 0 Å². The number of hydrogen-bond acceptors (Lipinski definition) is 2. The Morgan fingerprint density at radius 3 is 2.09 bits per heavy atom. The van der Waals surface area contributed by atoms with Crippen molar-refractivity contribution >= 4 is 0 Å². The molecule has 56 valence electrons. The van der Waals surface area contributed by atoms with Gasteiger partial charge in [0.1, 0.15) is 0 Å². The molecule has 11 heavy (non-hydrogen) atoms. The van der Waals surface area contributed by atoms with Crippen LogP contribution in [0.15, 0.2) is 23.8 Å². The molecular formula is C9H10N2. The van der Waals surface area contributed by atoms with Crippen molar-refractivity contribution < 1.29 is 0 Å². The lowest BCUT2D eigenvalue weighted by Crippen LogP contribution is -1.94. The fourth-order valence-electron chi connectivity index (χ4n) is 0.730. The van der Waals surface area contributed by atoms with E-state index in [1.54, 1.807) is 12.2 Å². The van der Waals surface area contributed by atoms with Crippen molar-refractivity contribution in [2.75, 3.05) is 0 Å². The van der Waals surface area contributed by atoms with Crippen LogP contribution in [0.2, 0.25) is 0 Å². The van der Waals surface area contributed by atoms with Gasteiger partial charge >= 0.3 is 0 Å². The monoisotopic (exact) mass is 146 g/mol. The van der Waals surface area contributed by atoms with Crippen LogP contribution in [0.1, 0.15) is 13.8 Å². The maximum absolute atomic E-state index is 8.51. The second kappa shape index (κ2) is 5.26. The minimum atomic E-state index is -0.629. The van der Waals surface area contributed by atoms with Gasteiger partial charge in [0.25, 0.3) is 0 Å². The average molecular weight is 146 g/mol.